The maximum absolute atomic E-state index is 11.3. The first-order valence-corrected chi connectivity index (χ1v) is 16.7. The van der Waals surface area contributed by atoms with E-state index in [1.54, 1.807) is 34.5 Å². The maximum Gasteiger partial charge on any atom is 0.346 e. The number of ether oxygens (including phenoxy) is 4. The Bertz CT molecular complexity index is 2140. The molecule has 1 aromatic heterocycles. The molecule has 5 aromatic carbocycles. The van der Waals surface area contributed by atoms with E-state index in [0.29, 0.717) is 4.88 Å². The average Bonchev–Trinajstić information content (AvgIpc) is 3.66. The van der Waals surface area contributed by atoms with Crippen LogP contribution in [-0.2, 0) is 4.79 Å². The average molecular weight is 695 g/mol. The van der Waals surface area contributed by atoms with Crippen molar-refractivity contribution in [2.45, 2.75) is 0 Å². The minimum atomic E-state index is -1.25. The van der Waals surface area contributed by atoms with Gasteiger partial charge in [0.15, 0.2) is 0 Å². The molecule has 51 heavy (non-hydrogen) atoms. The highest BCUT2D eigenvalue weighted by Gasteiger charge is 2.16. The summed E-state index contributed by atoms with van der Waals surface area (Å²) in [5.74, 6) is 1.64. The van der Waals surface area contributed by atoms with Gasteiger partial charge in [-0.3, -0.25) is 0 Å². The monoisotopic (exact) mass is 694 g/mol. The number of carboxylic acid groups (broad SMARTS) is 1. The lowest BCUT2D eigenvalue weighted by molar-refractivity contribution is -0.132. The summed E-state index contributed by atoms with van der Waals surface area (Å²) < 4.78 is 22.1. The first-order chi connectivity index (χ1) is 24.8. The number of carboxylic acids is 1. The number of rotatable bonds is 12. The van der Waals surface area contributed by atoms with Crippen LogP contribution in [0.2, 0.25) is 0 Å². The van der Waals surface area contributed by atoms with E-state index in [-0.39, 0.29) is 5.57 Å². The summed E-state index contributed by atoms with van der Waals surface area (Å²) >= 11 is 1.42. The molecule has 9 heteroatoms. The molecule has 0 fully saturated rings. The summed E-state index contributed by atoms with van der Waals surface area (Å²) in [7, 11) is 6.56. The van der Waals surface area contributed by atoms with E-state index in [2.05, 4.69) is 65.6 Å². The molecule has 0 radical (unpaired) electrons. The maximum atomic E-state index is 11.3. The quantitative estimate of drug-likeness (QED) is 0.0998. The lowest BCUT2D eigenvalue weighted by Gasteiger charge is -2.26. The largest absolute Gasteiger partial charge is 0.497 e. The predicted octanol–water partition coefficient (Wildman–Crippen LogP) is 10.2. The molecule has 0 amide bonds. The van der Waals surface area contributed by atoms with E-state index in [1.807, 2.05) is 60.7 Å². The molecule has 0 aliphatic heterocycles. The summed E-state index contributed by atoms with van der Waals surface area (Å²) in [5.41, 5.74) is 7.43. The van der Waals surface area contributed by atoms with Gasteiger partial charge in [0.2, 0.25) is 0 Å². The molecular formula is C42H34N2O6S. The van der Waals surface area contributed by atoms with E-state index < -0.39 is 5.97 Å². The van der Waals surface area contributed by atoms with Gasteiger partial charge in [0.1, 0.15) is 34.6 Å². The van der Waals surface area contributed by atoms with Gasteiger partial charge in [-0.25, -0.2) is 4.79 Å². The molecule has 1 heterocycles. The number of hydrogen-bond acceptors (Lipinski definition) is 8. The second-order valence-electron chi connectivity index (χ2n) is 11.3. The minimum Gasteiger partial charge on any atom is -0.497 e. The van der Waals surface area contributed by atoms with Gasteiger partial charge in [0, 0.05) is 50.1 Å². The third-order valence-corrected chi connectivity index (χ3v) is 9.45. The predicted molar refractivity (Wildman–Crippen MR) is 203 cm³/mol. The van der Waals surface area contributed by atoms with Crippen molar-refractivity contribution in [1.82, 2.24) is 0 Å². The smallest absolute Gasteiger partial charge is 0.346 e. The molecule has 0 unspecified atom stereocenters. The lowest BCUT2D eigenvalue weighted by Crippen LogP contribution is -2.09. The molecule has 0 aliphatic rings. The Balaban J connectivity index is 1.37. The highest BCUT2D eigenvalue weighted by atomic mass is 32.1. The Morgan fingerprint density at radius 2 is 1.08 bits per heavy atom. The van der Waals surface area contributed by atoms with Crippen molar-refractivity contribution in [3.63, 3.8) is 0 Å². The van der Waals surface area contributed by atoms with Crippen LogP contribution in [-0.4, -0.2) is 39.5 Å². The van der Waals surface area contributed by atoms with Crippen molar-refractivity contribution in [2.24, 2.45) is 0 Å². The van der Waals surface area contributed by atoms with Gasteiger partial charge in [0.05, 0.1) is 28.4 Å². The Morgan fingerprint density at radius 3 is 1.47 bits per heavy atom. The number of methoxy groups -OCH3 is 4. The van der Waals surface area contributed by atoms with Gasteiger partial charge in [0.25, 0.3) is 0 Å². The molecule has 1 N–H and O–H groups in total. The van der Waals surface area contributed by atoms with Crippen LogP contribution < -0.4 is 23.8 Å². The number of benzene rings is 5. The number of thiophene rings is 1. The second kappa shape index (κ2) is 15.4. The fraction of sp³-hybridized carbons (Fsp3) is 0.0952. The SMILES string of the molecule is COc1ccc(-c2ccc(N(c3ccc(-c4ccc(/C=C(/C#N)C(=O)O)s4)cc3)c3ccc(-c4ccc(OC)cc4OC)cc3)cc2)c(OC)c1. The molecule has 6 rings (SSSR count). The molecule has 0 atom stereocenters. The fourth-order valence-corrected chi connectivity index (χ4v) is 6.70. The van der Waals surface area contributed by atoms with Gasteiger partial charge in [-0.1, -0.05) is 36.4 Å². The highest BCUT2D eigenvalue weighted by molar-refractivity contribution is 7.16. The zero-order valence-electron chi connectivity index (χ0n) is 28.4. The van der Waals surface area contributed by atoms with Gasteiger partial charge >= 0.3 is 5.97 Å². The minimum absolute atomic E-state index is 0.303. The van der Waals surface area contributed by atoms with Crippen molar-refractivity contribution in [3.05, 3.63) is 132 Å². The van der Waals surface area contributed by atoms with E-state index in [9.17, 15) is 9.90 Å². The Labute approximate surface area is 300 Å². The molecule has 6 aromatic rings. The van der Waals surface area contributed by atoms with E-state index in [1.165, 1.54) is 17.4 Å². The third kappa shape index (κ3) is 7.42. The Hall–Kier alpha value is -6.50. The van der Waals surface area contributed by atoms with Gasteiger partial charge in [-0.2, -0.15) is 5.26 Å². The third-order valence-electron chi connectivity index (χ3n) is 8.36. The summed E-state index contributed by atoms with van der Waals surface area (Å²) in [6.07, 6.45) is 1.39. The normalized spacial score (nSPS) is 11.0. The summed E-state index contributed by atoms with van der Waals surface area (Å²) in [5, 5.41) is 18.4. The van der Waals surface area contributed by atoms with E-state index in [4.69, 9.17) is 24.2 Å². The second-order valence-corrected chi connectivity index (χ2v) is 12.4. The number of carbonyl (C=O) groups is 1. The summed E-state index contributed by atoms with van der Waals surface area (Å²) in [6.45, 7) is 0. The van der Waals surface area contributed by atoms with Crippen molar-refractivity contribution < 1.29 is 28.8 Å². The van der Waals surface area contributed by atoms with E-state index >= 15 is 0 Å². The van der Waals surface area contributed by atoms with Crippen LogP contribution in [0, 0.1) is 11.3 Å². The number of aliphatic carboxylic acids is 1. The molecule has 0 saturated carbocycles. The molecule has 254 valence electrons. The molecule has 8 nitrogen and oxygen atoms in total. The number of nitriles is 1. The van der Waals surface area contributed by atoms with Crippen molar-refractivity contribution in [2.75, 3.05) is 33.3 Å². The van der Waals surface area contributed by atoms with Crippen LogP contribution in [0.5, 0.6) is 23.0 Å². The van der Waals surface area contributed by atoms with Crippen LogP contribution in [0.15, 0.2) is 127 Å². The first kappa shape index (κ1) is 34.4. The number of nitrogens with zero attached hydrogens (tertiary/aromatic N) is 2. The fourth-order valence-electron chi connectivity index (χ4n) is 5.75. The van der Waals surface area contributed by atoms with Crippen LogP contribution in [0.4, 0.5) is 17.1 Å². The van der Waals surface area contributed by atoms with Crippen molar-refractivity contribution in [3.8, 4) is 61.8 Å². The van der Waals surface area contributed by atoms with Crippen molar-refractivity contribution >= 4 is 40.4 Å². The van der Waals surface area contributed by atoms with Gasteiger partial charge < -0.3 is 29.0 Å². The first-order valence-electron chi connectivity index (χ1n) is 15.9. The molecular weight excluding hydrogens is 661 g/mol. The molecule has 0 aliphatic carbocycles. The van der Waals surface area contributed by atoms with Gasteiger partial charge in [-0.05, 0) is 95.6 Å². The van der Waals surface area contributed by atoms with Gasteiger partial charge in [-0.15, -0.1) is 11.3 Å². The number of hydrogen-bond donors (Lipinski definition) is 1. The van der Waals surface area contributed by atoms with E-state index in [0.717, 1.165) is 72.8 Å². The standard InChI is InChI=1S/C42H34N2O6S/c1-47-34-17-20-37(39(24-34)49-3)27-5-11-31(12-6-27)44(32-13-7-28(8-14-32)38-21-18-35(48-2)25-40(38)50-4)33-15-9-29(10-16-33)41-22-19-36(51-41)23-30(26-43)42(45)46/h5-25H,1-4H3,(H,45,46)/b30-23-. The molecule has 0 saturated heterocycles. The van der Waals surface area contributed by atoms with Crippen LogP contribution in [0.1, 0.15) is 4.88 Å². The Morgan fingerprint density at radius 1 is 0.627 bits per heavy atom. The summed E-state index contributed by atoms with van der Waals surface area (Å²) in [4.78, 5) is 15.2. The van der Waals surface area contributed by atoms with Crippen LogP contribution in [0.3, 0.4) is 0 Å². The lowest BCUT2D eigenvalue weighted by atomic mass is 10.0. The Kier molecular flexibility index (Phi) is 10.4. The zero-order chi connectivity index (χ0) is 35.9. The zero-order valence-corrected chi connectivity index (χ0v) is 29.2. The molecule has 0 bridgehead atoms. The highest BCUT2D eigenvalue weighted by Crippen LogP contribution is 2.41. The molecule has 0 spiro atoms. The summed E-state index contributed by atoms with van der Waals surface area (Å²) in [6, 6.07) is 41.9. The van der Waals surface area contributed by atoms with Crippen LogP contribution in [0.25, 0.3) is 38.8 Å². The van der Waals surface area contributed by atoms with Crippen molar-refractivity contribution in [1.29, 1.82) is 5.26 Å². The number of anilines is 3. The topological polar surface area (TPSA) is 101 Å². The van der Waals surface area contributed by atoms with Crippen LogP contribution >= 0.6 is 11.3 Å².